The Bertz CT molecular complexity index is 597. The van der Waals surface area contributed by atoms with Crippen LogP contribution in [0.1, 0.15) is 12.0 Å². The number of nitrogens with one attached hydrogen (secondary N) is 2. The second-order valence-electron chi connectivity index (χ2n) is 5.27. The monoisotopic (exact) mass is 312 g/mol. The predicted molar refractivity (Wildman–Crippen MR) is 79.0 cm³/mol. The molecule has 0 amide bonds. The van der Waals surface area contributed by atoms with Gasteiger partial charge >= 0.3 is 0 Å². The van der Waals surface area contributed by atoms with Gasteiger partial charge in [-0.15, -0.1) is 0 Å². The van der Waals surface area contributed by atoms with E-state index < -0.39 is 10.0 Å². The van der Waals surface area contributed by atoms with Crippen LogP contribution >= 0.6 is 0 Å². The van der Waals surface area contributed by atoms with Gasteiger partial charge in [0.05, 0.1) is 30.8 Å². The summed E-state index contributed by atoms with van der Waals surface area (Å²) >= 11 is 0. The van der Waals surface area contributed by atoms with Crippen molar-refractivity contribution in [3.8, 4) is 0 Å². The topological polar surface area (TPSA) is 76.7 Å². The summed E-state index contributed by atoms with van der Waals surface area (Å²) in [5.74, 6) is 0. The molecule has 0 aliphatic carbocycles. The lowest BCUT2D eigenvalue weighted by molar-refractivity contribution is -0.0846. The molecule has 7 heteroatoms. The van der Waals surface area contributed by atoms with Crippen molar-refractivity contribution in [1.82, 2.24) is 4.72 Å². The van der Waals surface area contributed by atoms with E-state index in [0.29, 0.717) is 24.7 Å². The summed E-state index contributed by atoms with van der Waals surface area (Å²) in [7, 11) is -3.51. The number of sulfonamides is 1. The van der Waals surface area contributed by atoms with E-state index in [0.717, 1.165) is 30.6 Å². The quantitative estimate of drug-likeness (QED) is 0.857. The molecular weight excluding hydrogens is 292 g/mol. The molecule has 21 heavy (non-hydrogen) atoms. The molecule has 0 aromatic heterocycles. The molecule has 2 aliphatic heterocycles. The zero-order valence-corrected chi connectivity index (χ0v) is 12.6. The van der Waals surface area contributed by atoms with E-state index in [-0.39, 0.29) is 12.6 Å². The van der Waals surface area contributed by atoms with Crippen LogP contribution < -0.4 is 10.0 Å². The van der Waals surface area contributed by atoms with Crippen molar-refractivity contribution >= 4 is 15.7 Å². The Labute approximate surface area is 124 Å². The van der Waals surface area contributed by atoms with Gasteiger partial charge in [-0.1, -0.05) is 0 Å². The molecular formula is C14H20N2O4S. The molecule has 1 atom stereocenters. The van der Waals surface area contributed by atoms with Gasteiger partial charge in [0.25, 0.3) is 0 Å². The van der Waals surface area contributed by atoms with E-state index in [1.807, 2.05) is 6.07 Å². The average Bonchev–Trinajstić information content (AvgIpc) is 2.53. The highest BCUT2D eigenvalue weighted by molar-refractivity contribution is 7.89. The van der Waals surface area contributed by atoms with Gasteiger partial charge in [-0.05, 0) is 36.6 Å². The largest absolute Gasteiger partial charge is 0.385 e. The van der Waals surface area contributed by atoms with E-state index in [9.17, 15) is 8.42 Å². The van der Waals surface area contributed by atoms with Crippen LogP contribution in [0.2, 0.25) is 0 Å². The number of rotatable bonds is 4. The van der Waals surface area contributed by atoms with Gasteiger partial charge in [-0.3, -0.25) is 0 Å². The first-order chi connectivity index (χ1) is 10.1. The van der Waals surface area contributed by atoms with Crippen LogP contribution in [-0.4, -0.2) is 47.4 Å². The van der Waals surface area contributed by atoms with Crippen molar-refractivity contribution in [1.29, 1.82) is 0 Å². The Morgan fingerprint density at radius 3 is 3.05 bits per heavy atom. The van der Waals surface area contributed by atoms with Crippen molar-refractivity contribution in [2.45, 2.75) is 23.8 Å². The molecule has 0 bridgehead atoms. The lowest BCUT2D eigenvalue weighted by Gasteiger charge is -2.23. The van der Waals surface area contributed by atoms with Gasteiger partial charge in [0.15, 0.2) is 0 Å². The third-order valence-electron chi connectivity index (χ3n) is 3.71. The third kappa shape index (κ3) is 3.55. The van der Waals surface area contributed by atoms with Crippen LogP contribution in [0.15, 0.2) is 23.1 Å². The molecule has 1 saturated heterocycles. The lowest BCUT2D eigenvalue weighted by Crippen LogP contribution is -2.39. The molecule has 0 radical (unpaired) electrons. The van der Waals surface area contributed by atoms with Crippen molar-refractivity contribution < 1.29 is 17.9 Å². The number of hydrogen-bond acceptors (Lipinski definition) is 5. The first-order valence-electron chi connectivity index (χ1n) is 7.21. The molecule has 116 valence electrons. The maximum Gasteiger partial charge on any atom is 0.240 e. The number of hydrogen-bond donors (Lipinski definition) is 2. The standard InChI is InChI=1S/C14H20N2O4S/c17-21(18,16-9-12-10-19-6-7-20-12)13-3-4-14-11(8-13)2-1-5-15-14/h3-4,8,12,15-16H,1-2,5-7,9-10H2. The van der Waals surface area contributed by atoms with Gasteiger partial charge < -0.3 is 14.8 Å². The minimum absolute atomic E-state index is 0.215. The second kappa shape index (κ2) is 6.31. The Hall–Kier alpha value is -1.15. The molecule has 0 spiro atoms. The fourth-order valence-electron chi connectivity index (χ4n) is 2.56. The number of ether oxygens (including phenoxy) is 2. The summed E-state index contributed by atoms with van der Waals surface area (Å²) in [6.07, 6.45) is 1.72. The van der Waals surface area contributed by atoms with E-state index in [1.54, 1.807) is 12.1 Å². The minimum atomic E-state index is -3.51. The summed E-state index contributed by atoms with van der Waals surface area (Å²) in [6.45, 7) is 2.68. The van der Waals surface area contributed by atoms with Crippen molar-refractivity contribution in [3.63, 3.8) is 0 Å². The Kier molecular flexibility index (Phi) is 4.44. The molecule has 2 heterocycles. The molecule has 2 aliphatic rings. The van der Waals surface area contributed by atoms with Crippen molar-refractivity contribution in [2.75, 3.05) is 38.2 Å². The summed E-state index contributed by atoms with van der Waals surface area (Å²) in [4.78, 5) is 0.307. The Balaban J connectivity index is 1.69. The van der Waals surface area contributed by atoms with Crippen LogP contribution in [0.3, 0.4) is 0 Å². The van der Waals surface area contributed by atoms with E-state index in [2.05, 4.69) is 10.0 Å². The first-order valence-corrected chi connectivity index (χ1v) is 8.69. The highest BCUT2D eigenvalue weighted by Gasteiger charge is 2.21. The van der Waals surface area contributed by atoms with E-state index in [1.165, 1.54) is 0 Å². The van der Waals surface area contributed by atoms with Crippen LogP contribution in [-0.2, 0) is 25.9 Å². The molecule has 1 aromatic carbocycles. The summed E-state index contributed by atoms with van der Waals surface area (Å²) in [5.41, 5.74) is 2.09. The number of anilines is 1. The third-order valence-corrected chi connectivity index (χ3v) is 5.13. The number of fused-ring (bicyclic) bond motifs is 1. The van der Waals surface area contributed by atoms with Gasteiger partial charge in [-0.2, -0.15) is 0 Å². The van der Waals surface area contributed by atoms with Gasteiger partial charge in [0.1, 0.15) is 0 Å². The molecule has 1 fully saturated rings. The molecule has 3 rings (SSSR count). The molecule has 1 unspecified atom stereocenters. The summed E-state index contributed by atoms with van der Waals surface area (Å²) < 4.78 is 38.0. The van der Waals surface area contributed by atoms with Gasteiger partial charge in [0.2, 0.25) is 10.0 Å². The minimum Gasteiger partial charge on any atom is -0.385 e. The second-order valence-corrected chi connectivity index (χ2v) is 7.04. The SMILES string of the molecule is O=S(=O)(NCC1COCCO1)c1ccc2c(c1)CCCN2. The molecule has 6 nitrogen and oxygen atoms in total. The van der Waals surface area contributed by atoms with Crippen LogP contribution in [0, 0.1) is 0 Å². The molecule has 2 N–H and O–H groups in total. The fourth-order valence-corrected chi connectivity index (χ4v) is 3.68. The van der Waals surface area contributed by atoms with E-state index in [4.69, 9.17) is 9.47 Å². The highest BCUT2D eigenvalue weighted by atomic mass is 32.2. The van der Waals surface area contributed by atoms with Crippen LogP contribution in [0.25, 0.3) is 0 Å². The number of aryl methyl sites for hydroxylation is 1. The zero-order chi connectivity index (χ0) is 14.7. The van der Waals surface area contributed by atoms with Gasteiger partial charge in [0, 0.05) is 18.8 Å². The Morgan fingerprint density at radius 1 is 1.33 bits per heavy atom. The van der Waals surface area contributed by atoms with Crippen molar-refractivity contribution in [3.05, 3.63) is 23.8 Å². The lowest BCUT2D eigenvalue weighted by atomic mass is 10.0. The normalized spacial score (nSPS) is 22.4. The molecule has 1 aromatic rings. The van der Waals surface area contributed by atoms with E-state index >= 15 is 0 Å². The predicted octanol–water partition coefficient (Wildman–Crippen LogP) is 0.738. The smallest absolute Gasteiger partial charge is 0.240 e. The van der Waals surface area contributed by atoms with Gasteiger partial charge in [-0.25, -0.2) is 13.1 Å². The van der Waals surface area contributed by atoms with Crippen LogP contribution in [0.5, 0.6) is 0 Å². The maximum atomic E-state index is 12.3. The summed E-state index contributed by atoms with van der Waals surface area (Å²) in [6, 6.07) is 5.23. The Morgan fingerprint density at radius 2 is 2.24 bits per heavy atom. The van der Waals surface area contributed by atoms with Crippen molar-refractivity contribution in [2.24, 2.45) is 0 Å². The first kappa shape index (κ1) is 14.8. The number of benzene rings is 1. The zero-order valence-electron chi connectivity index (χ0n) is 11.8. The van der Waals surface area contributed by atoms with Crippen LogP contribution in [0.4, 0.5) is 5.69 Å². The molecule has 0 saturated carbocycles. The summed E-state index contributed by atoms with van der Waals surface area (Å²) in [5, 5.41) is 3.27. The average molecular weight is 312 g/mol. The maximum absolute atomic E-state index is 12.3. The highest BCUT2D eigenvalue weighted by Crippen LogP contribution is 2.24. The fraction of sp³-hybridized carbons (Fsp3) is 0.571.